The van der Waals surface area contributed by atoms with Crippen LogP contribution in [0.1, 0.15) is 22.5 Å². The van der Waals surface area contributed by atoms with E-state index in [1.165, 1.54) is 12.2 Å². The van der Waals surface area contributed by atoms with Gasteiger partial charge in [0.2, 0.25) is 0 Å². The maximum absolute atomic E-state index is 12.6. The molecule has 0 radical (unpaired) electrons. The van der Waals surface area contributed by atoms with Crippen LogP contribution in [0.4, 0.5) is 5.82 Å². The number of ether oxygens (including phenoxy) is 1. The third kappa shape index (κ3) is 4.69. The van der Waals surface area contributed by atoms with Crippen LogP contribution in [0.3, 0.4) is 0 Å². The van der Waals surface area contributed by atoms with Crippen LogP contribution < -0.4 is 5.32 Å². The van der Waals surface area contributed by atoms with Gasteiger partial charge in [-0.05, 0) is 49.8 Å². The summed E-state index contributed by atoms with van der Waals surface area (Å²) >= 11 is 0. The van der Waals surface area contributed by atoms with Gasteiger partial charge in [-0.2, -0.15) is 5.26 Å². The minimum atomic E-state index is -0.698. The summed E-state index contributed by atoms with van der Waals surface area (Å²) in [5.41, 5.74) is 4.70. The molecule has 8 nitrogen and oxygen atoms in total. The number of para-hydroxylation sites is 3. The van der Waals surface area contributed by atoms with Gasteiger partial charge in [0.1, 0.15) is 11.9 Å². The Bertz CT molecular complexity index is 1450. The van der Waals surface area contributed by atoms with Crippen LogP contribution in [0.25, 0.3) is 22.8 Å². The van der Waals surface area contributed by atoms with E-state index < -0.39 is 18.5 Å². The molecule has 0 aliphatic heterocycles. The van der Waals surface area contributed by atoms with Crippen molar-refractivity contribution in [2.45, 2.75) is 13.8 Å². The Kier molecular flexibility index (Phi) is 6.46. The van der Waals surface area contributed by atoms with Crippen LogP contribution in [0.2, 0.25) is 0 Å². The molecular weight excluding hydrogens is 430 g/mol. The zero-order chi connectivity index (χ0) is 24.1. The summed E-state index contributed by atoms with van der Waals surface area (Å²) in [4.78, 5) is 33.3. The summed E-state index contributed by atoms with van der Waals surface area (Å²) < 4.78 is 6.86. The van der Waals surface area contributed by atoms with Crippen molar-refractivity contribution in [2.75, 3.05) is 11.9 Å². The first-order chi connectivity index (χ1) is 16.5. The van der Waals surface area contributed by atoms with Crippen LogP contribution >= 0.6 is 0 Å². The third-order valence-corrected chi connectivity index (χ3v) is 5.30. The summed E-state index contributed by atoms with van der Waals surface area (Å²) in [5, 5.41) is 12.4. The molecule has 168 valence electrons. The maximum Gasteiger partial charge on any atom is 0.331 e. The molecule has 0 aliphatic carbocycles. The molecule has 0 atom stereocenters. The fourth-order valence-electron chi connectivity index (χ4n) is 3.52. The van der Waals surface area contributed by atoms with E-state index >= 15 is 0 Å². The van der Waals surface area contributed by atoms with Gasteiger partial charge in [0, 0.05) is 17.5 Å². The van der Waals surface area contributed by atoms with Gasteiger partial charge in [0.15, 0.2) is 6.61 Å². The Morgan fingerprint density at radius 1 is 1.09 bits per heavy atom. The molecule has 4 rings (SSSR count). The van der Waals surface area contributed by atoms with Gasteiger partial charge in [-0.25, -0.2) is 9.78 Å². The molecule has 0 unspecified atom stereocenters. The summed E-state index contributed by atoms with van der Waals surface area (Å²) in [5.74, 6) is -0.915. The second-order valence-electron chi connectivity index (χ2n) is 7.49. The summed E-state index contributed by atoms with van der Waals surface area (Å²) in [6, 6.07) is 18.9. The highest BCUT2D eigenvalue weighted by Gasteiger charge is 2.21. The number of hydrogen-bond donors (Lipinski definition) is 1. The first-order valence-electron chi connectivity index (χ1n) is 10.5. The van der Waals surface area contributed by atoms with Gasteiger partial charge < -0.3 is 10.1 Å². The van der Waals surface area contributed by atoms with Crippen molar-refractivity contribution in [3.63, 3.8) is 0 Å². The normalized spacial score (nSPS) is 10.9. The fourth-order valence-corrected chi connectivity index (χ4v) is 3.52. The number of nitrogens with one attached hydrogen (secondary N) is 1. The molecule has 1 amide bonds. The zero-order valence-corrected chi connectivity index (χ0v) is 18.6. The summed E-state index contributed by atoms with van der Waals surface area (Å²) in [6.07, 6.45) is 4.21. The predicted molar refractivity (Wildman–Crippen MR) is 128 cm³/mol. The number of carbonyl (C=O) groups is 2. The number of benzene rings is 2. The highest BCUT2D eigenvalue weighted by Crippen LogP contribution is 2.29. The molecule has 34 heavy (non-hydrogen) atoms. The topological polar surface area (TPSA) is 110 Å². The van der Waals surface area contributed by atoms with Gasteiger partial charge in [-0.15, -0.1) is 0 Å². The Hall–Kier alpha value is -4.77. The molecule has 0 spiro atoms. The van der Waals surface area contributed by atoms with E-state index in [-0.39, 0.29) is 0 Å². The van der Waals surface area contributed by atoms with Gasteiger partial charge in [-0.1, -0.05) is 30.3 Å². The molecule has 2 aromatic heterocycles. The first kappa shape index (κ1) is 22.4. The SMILES string of the molecule is Cc1c(C#N)c(NC(=O)COC(=O)/C=C\c2cnc3ccccc3n2)n(-c2ccccc2)c1C. The number of rotatable bonds is 6. The highest BCUT2D eigenvalue weighted by molar-refractivity contribution is 5.95. The van der Waals surface area contributed by atoms with E-state index in [2.05, 4.69) is 21.4 Å². The van der Waals surface area contributed by atoms with E-state index in [1.54, 1.807) is 10.8 Å². The molecule has 0 fully saturated rings. The molecule has 8 heteroatoms. The fraction of sp³-hybridized carbons (Fsp3) is 0.115. The molecule has 0 saturated carbocycles. The number of nitriles is 1. The van der Waals surface area contributed by atoms with E-state index in [1.807, 2.05) is 68.4 Å². The lowest BCUT2D eigenvalue weighted by atomic mass is 10.2. The first-order valence-corrected chi connectivity index (χ1v) is 10.5. The van der Waals surface area contributed by atoms with Gasteiger partial charge in [-0.3, -0.25) is 14.3 Å². The highest BCUT2D eigenvalue weighted by atomic mass is 16.5. The van der Waals surface area contributed by atoms with Crippen molar-refractivity contribution in [3.05, 3.63) is 89.4 Å². The third-order valence-electron chi connectivity index (χ3n) is 5.30. The molecule has 0 saturated heterocycles. The summed E-state index contributed by atoms with van der Waals surface area (Å²) in [7, 11) is 0. The molecule has 0 aliphatic rings. The van der Waals surface area contributed by atoms with Crippen LogP contribution in [-0.2, 0) is 14.3 Å². The maximum atomic E-state index is 12.6. The molecule has 0 bridgehead atoms. The van der Waals surface area contributed by atoms with Gasteiger partial charge in [0.05, 0.1) is 28.5 Å². The smallest absolute Gasteiger partial charge is 0.331 e. The van der Waals surface area contributed by atoms with E-state index in [0.29, 0.717) is 22.6 Å². The number of nitrogens with zero attached hydrogens (tertiary/aromatic N) is 4. The molecule has 4 aromatic rings. The quantitative estimate of drug-likeness (QED) is 0.349. The van der Waals surface area contributed by atoms with Crippen molar-refractivity contribution in [3.8, 4) is 11.8 Å². The average molecular weight is 451 g/mol. The van der Waals surface area contributed by atoms with Crippen LogP contribution in [-0.4, -0.2) is 33.0 Å². The van der Waals surface area contributed by atoms with Crippen molar-refractivity contribution >= 4 is 34.8 Å². The second-order valence-corrected chi connectivity index (χ2v) is 7.49. The number of hydrogen-bond acceptors (Lipinski definition) is 6. The zero-order valence-electron chi connectivity index (χ0n) is 18.6. The minimum absolute atomic E-state index is 0.340. The van der Waals surface area contributed by atoms with Crippen molar-refractivity contribution in [1.82, 2.24) is 14.5 Å². The lowest BCUT2D eigenvalue weighted by molar-refractivity contribution is -0.142. The molecule has 2 aromatic carbocycles. The molecular formula is C26H21N5O3. The number of carbonyl (C=O) groups excluding carboxylic acids is 2. The van der Waals surface area contributed by atoms with E-state index in [4.69, 9.17) is 4.74 Å². The number of anilines is 1. The Balaban J connectivity index is 1.44. The summed E-state index contributed by atoms with van der Waals surface area (Å²) in [6.45, 7) is 3.19. The Morgan fingerprint density at radius 3 is 2.53 bits per heavy atom. The number of aromatic nitrogens is 3. The average Bonchev–Trinajstić information content (AvgIpc) is 3.10. The minimum Gasteiger partial charge on any atom is -0.452 e. The number of esters is 1. The van der Waals surface area contributed by atoms with E-state index in [9.17, 15) is 14.9 Å². The lowest BCUT2D eigenvalue weighted by Gasteiger charge is -2.13. The Labute approximate surface area is 196 Å². The lowest BCUT2D eigenvalue weighted by Crippen LogP contribution is -2.22. The monoisotopic (exact) mass is 451 g/mol. The predicted octanol–water partition coefficient (Wildman–Crippen LogP) is 4.10. The second kappa shape index (κ2) is 9.79. The van der Waals surface area contributed by atoms with Crippen molar-refractivity contribution in [2.24, 2.45) is 0 Å². The molecule has 2 heterocycles. The standard InChI is InChI=1S/C26H21N5O3/c1-17-18(2)31(20-8-4-3-5-9-20)26(21(17)14-27)30-24(32)16-34-25(33)13-12-19-15-28-22-10-6-7-11-23(22)29-19/h3-13,15H,16H2,1-2H3,(H,30,32)/b13-12-. The molecule has 1 N–H and O–H groups in total. The van der Waals surface area contributed by atoms with Crippen molar-refractivity contribution < 1.29 is 14.3 Å². The Morgan fingerprint density at radius 2 is 1.79 bits per heavy atom. The number of fused-ring (bicyclic) bond motifs is 1. The van der Waals surface area contributed by atoms with Gasteiger partial charge in [0.25, 0.3) is 5.91 Å². The largest absolute Gasteiger partial charge is 0.452 e. The van der Waals surface area contributed by atoms with E-state index in [0.717, 1.165) is 22.5 Å². The van der Waals surface area contributed by atoms with Crippen LogP contribution in [0.5, 0.6) is 0 Å². The van der Waals surface area contributed by atoms with Crippen LogP contribution in [0.15, 0.2) is 66.9 Å². The number of amides is 1. The van der Waals surface area contributed by atoms with Crippen molar-refractivity contribution in [1.29, 1.82) is 5.26 Å². The van der Waals surface area contributed by atoms with Crippen LogP contribution in [0, 0.1) is 25.2 Å². The van der Waals surface area contributed by atoms with Gasteiger partial charge >= 0.3 is 5.97 Å².